The molecular weight excluding hydrogens is 234 g/mol. The van der Waals surface area contributed by atoms with Crippen molar-refractivity contribution in [1.82, 2.24) is 0 Å². The summed E-state index contributed by atoms with van der Waals surface area (Å²) in [5.74, 6) is 0.922. The van der Waals surface area contributed by atoms with Crippen LogP contribution in [0.5, 0.6) is 5.75 Å². The van der Waals surface area contributed by atoms with Crippen molar-refractivity contribution in [3.8, 4) is 5.75 Å². The summed E-state index contributed by atoms with van der Waals surface area (Å²) in [5, 5.41) is 3.44. The summed E-state index contributed by atoms with van der Waals surface area (Å²) in [6.07, 6.45) is 2.28. The summed E-state index contributed by atoms with van der Waals surface area (Å²) in [6.45, 7) is 3.69. The van der Waals surface area contributed by atoms with Gasteiger partial charge in [0.05, 0.1) is 0 Å². The van der Waals surface area contributed by atoms with Gasteiger partial charge in [-0.15, -0.1) is 0 Å². The lowest BCUT2D eigenvalue weighted by atomic mass is 10.1. The first-order valence-corrected chi connectivity index (χ1v) is 6.90. The van der Waals surface area contributed by atoms with Crippen molar-refractivity contribution >= 4 is 5.69 Å². The molecular formula is C17H21NO. The van der Waals surface area contributed by atoms with Crippen LogP contribution >= 0.6 is 0 Å². The Balaban J connectivity index is 1.79. The fourth-order valence-corrected chi connectivity index (χ4v) is 2.05. The van der Waals surface area contributed by atoms with Gasteiger partial charge in [0.15, 0.2) is 0 Å². The van der Waals surface area contributed by atoms with Crippen LogP contribution in [0.25, 0.3) is 0 Å². The lowest BCUT2D eigenvalue weighted by molar-refractivity contribution is 0.333. The smallest absolute Gasteiger partial charge is 0.119 e. The van der Waals surface area contributed by atoms with Crippen LogP contribution in [-0.2, 0) is 6.42 Å². The fraction of sp³-hybridized carbons (Fsp3) is 0.294. The zero-order valence-electron chi connectivity index (χ0n) is 11.4. The molecule has 0 heterocycles. The third-order valence-corrected chi connectivity index (χ3v) is 2.97. The van der Waals surface area contributed by atoms with E-state index in [0.29, 0.717) is 6.61 Å². The molecule has 0 amide bonds. The van der Waals surface area contributed by atoms with E-state index in [9.17, 15) is 0 Å². The average Bonchev–Trinajstić information content (AvgIpc) is 2.47. The van der Waals surface area contributed by atoms with Crippen molar-refractivity contribution in [2.75, 3.05) is 18.5 Å². The molecule has 2 heteroatoms. The molecule has 1 N–H and O–H groups in total. The van der Waals surface area contributed by atoms with E-state index in [0.717, 1.165) is 18.7 Å². The second-order valence-electron chi connectivity index (χ2n) is 4.50. The van der Waals surface area contributed by atoms with Crippen LogP contribution in [-0.4, -0.2) is 13.2 Å². The molecule has 0 radical (unpaired) electrons. The minimum Gasteiger partial charge on any atom is -0.492 e. The number of para-hydroxylation sites is 2. The summed E-state index contributed by atoms with van der Waals surface area (Å²) in [6, 6.07) is 18.4. The van der Waals surface area contributed by atoms with Gasteiger partial charge >= 0.3 is 0 Å². The van der Waals surface area contributed by atoms with Crippen molar-refractivity contribution in [3.63, 3.8) is 0 Å². The highest BCUT2D eigenvalue weighted by atomic mass is 16.5. The molecule has 0 bridgehead atoms. The van der Waals surface area contributed by atoms with Gasteiger partial charge in [0.2, 0.25) is 0 Å². The standard InChI is InChI=1S/C17H21NO/c1-2-8-15-9-6-7-12-17(15)18-13-14-19-16-10-4-3-5-11-16/h3-7,9-12,18H,2,8,13-14H2,1H3. The van der Waals surface area contributed by atoms with Crippen LogP contribution in [0.1, 0.15) is 18.9 Å². The van der Waals surface area contributed by atoms with Crippen molar-refractivity contribution in [2.45, 2.75) is 19.8 Å². The third kappa shape index (κ3) is 4.32. The van der Waals surface area contributed by atoms with Gasteiger partial charge in [-0.25, -0.2) is 0 Å². The van der Waals surface area contributed by atoms with E-state index in [-0.39, 0.29) is 0 Å². The van der Waals surface area contributed by atoms with Gasteiger partial charge in [0.25, 0.3) is 0 Å². The van der Waals surface area contributed by atoms with Crippen LogP contribution in [0.3, 0.4) is 0 Å². The van der Waals surface area contributed by atoms with Crippen LogP contribution in [0.2, 0.25) is 0 Å². The van der Waals surface area contributed by atoms with Crippen LogP contribution in [0.15, 0.2) is 54.6 Å². The molecule has 2 aromatic rings. The molecule has 0 saturated heterocycles. The molecule has 0 aliphatic heterocycles. The van der Waals surface area contributed by atoms with Gasteiger partial charge in [-0.2, -0.15) is 0 Å². The van der Waals surface area contributed by atoms with Gasteiger partial charge in [-0.1, -0.05) is 49.7 Å². The van der Waals surface area contributed by atoms with E-state index >= 15 is 0 Å². The Morgan fingerprint density at radius 2 is 1.68 bits per heavy atom. The zero-order valence-corrected chi connectivity index (χ0v) is 11.4. The maximum atomic E-state index is 5.67. The number of aryl methyl sites for hydroxylation is 1. The highest BCUT2D eigenvalue weighted by molar-refractivity contribution is 5.51. The van der Waals surface area contributed by atoms with Gasteiger partial charge in [0.1, 0.15) is 12.4 Å². The van der Waals surface area contributed by atoms with Gasteiger partial charge in [0, 0.05) is 12.2 Å². The molecule has 0 saturated carbocycles. The number of ether oxygens (including phenoxy) is 1. The van der Waals surface area contributed by atoms with Crippen LogP contribution in [0, 0.1) is 0 Å². The first kappa shape index (κ1) is 13.5. The number of nitrogens with one attached hydrogen (secondary N) is 1. The van der Waals surface area contributed by atoms with Crippen molar-refractivity contribution < 1.29 is 4.74 Å². The first-order valence-electron chi connectivity index (χ1n) is 6.90. The van der Waals surface area contributed by atoms with E-state index in [1.807, 2.05) is 30.3 Å². The summed E-state index contributed by atoms with van der Waals surface area (Å²) in [5.41, 5.74) is 2.60. The average molecular weight is 255 g/mol. The zero-order chi connectivity index (χ0) is 13.3. The van der Waals surface area contributed by atoms with Gasteiger partial charge < -0.3 is 10.1 Å². The first-order chi connectivity index (χ1) is 9.40. The van der Waals surface area contributed by atoms with E-state index < -0.39 is 0 Å². The summed E-state index contributed by atoms with van der Waals surface area (Å²) in [4.78, 5) is 0. The summed E-state index contributed by atoms with van der Waals surface area (Å²) < 4.78 is 5.67. The Labute approximate surface area is 115 Å². The van der Waals surface area contributed by atoms with Crippen molar-refractivity contribution in [3.05, 3.63) is 60.2 Å². The predicted molar refractivity (Wildman–Crippen MR) is 80.9 cm³/mol. The molecule has 0 fully saturated rings. The Morgan fingerprint density at radius 3 is 2.47 bits per heavy atom. The van der Waals surface area contributed by atoms with E-state index in [1.54, 1.807) is 0 Å². The Kier molecular flexibility index (Phi) is 5.30. The Hall–Kier alpha value is -1.96. The topological polar surface area (TPSA) is 21.3 Å². The molecule has 2 nitrogen and oxygen atoms in total. The molecule has 0 unspecified atom stereocenters. The molecule has 19 heavy (non-hydrogen) atoms. The molecule has 0 spiro atoms. The second kappa shape index (κ2) is 7.47. The number of rotatable bonds is 7. The molecule has 0 aromatic heterocycles. The van der Waals surface area contributed by atoms with Crippen LogP contribution in [0.4, 0.5) is 5.69 Å². The van der Waals surface area contributed by atoms with Crippen LogP contribution < -0.4 is 10.1 Å². The molecule has 2 aromatic carbocycles. The van der Waals surface area contributed by atoms with Gasteiger partial charge in [-0.05, 0) is 30.2 Å². The van der Waals surface area contributed by atoms with Gasteiger partial charge in [-0.3, -0.25) is 0 Å². The maximum absolute atomic E-state index is 5.67. The molecule has 0 aliphatic rings. The minimum atomic E-state index is 0.671. The summed E-state index contributed by atoms with van der Waals surface area (Å²) in [7, 11) is 0. The lowest BCUT2D eigenvalue weighted by Gasteiger charge is -2.12. The summed E-state index contributed by atoms with van der Waals surface area (Å²) >= 11 is 0. The number of benzene rings is 2. The third-order valence-electron chi connectivity index (χ3n) is 2.97. The van der Waals surface area contributed by atoms with E-state index in [4.69, 9.17) is 4.74 Å². The number of anilines is 1. The molecule has 0 aliphatic carbocycles. The largest absolute Gasteiger partial charge is 0.492 e. The predicted octanol–water partition coefficient (Wildman–Crippen LogP) is 4.13. The normalized spacial score (nSPS) is 10.2. The van der Waals surface area contributed by atoms with E-state index in [2.05, 4.69) is 36.5 Å². The SMILES string of the molecule is CCCc1ccccc1NCCOc1ccccc1. The lowest BCUT2D eigenvalue weighted by Crippen LogP contribution is -2.12. The Morgan fingerprint density at radius 1 is 0.947 bits per heavy atom. The second-order valence-corrected chi connectivity index (χ2v) is 4.50. The molecule has 100 valence electrons. The molecule has 2 rings (SSSR count). The van der Waals surface area contributed by atoms with E-state index in [1.165, 1.54) is 17.7 Å². The fourth-order valence-electron chi connectivity index (χ4n) is 2.05. The number of hydrogen-bond acceptors (Lipinski definition) is 2. The monoisotopic (exact) mass is 255 g/mol. The highest BCUT2D eigenvalue weighted by Crippen LogP contribution is 2.16. The highest BCUT2D eigenvalue weighted by Gasteiger charge is 1.99. The molecule has 0 atom stereocenters. The quantitative estimate of drug-likeness (QED) is 0.751. The number of hydrogen-bond donors (Lipinski definition) is 1. The maximum Gasteiger partial charge on any atom is 0.119 e. The van der Waals surface area contributed by atoms with Crippen molar-refractivity contribution in [1.29, 1.82) is 0 Å². The minimum absolute atomic E-state index is 0.671. The Bertz CT molecular complexity index is 482. The van der Waals surface area contributed by atoms with Crippen molar-refractivity contribution in [2.24, 2.45) is 0 Å².